The number of anilines is 1. The van der Waals surface area contributed by atoms with E-state index in [1.54, 1.807) is 24.5 Å². The first-order valence-electron chi connectivity index (χ1n) is 9.80. The molecule has 0 atom stereocenters. The first-order chi connectivity index (χ1) is 14.5. The Hall–Kier alpha value is -3.74. The fraction of sp³-hybridized carbons (Fsp3) is 0.217. The van der Waals surface area contributed by atoms with Crippen LogP contribution in [0, 0.1) is 13.8 Å². The summed E-state index contributed by atoms with van der Waals surface area (Å²) in [4.78, 5) is 29.0. The minimum Gasteiger partial charge on any atom is -0.455 e. The molecule has 0 saturated carbocycles. The fourth-order valence-corrected chi connectivity index (χ4v) is 3.59. The van der Waals surface area contributed by atoms with Crippen LogP contribution in [0.15, 0.2) is 58.3 Å². The number of aryl methyl sites for hydroxylation is 2. The van der Waals surface area contributed by atoms with E-state index < -0.39 is 0 Å². The summed E-state index contributed by atoms with van der Waals surface area (Å²) < 4.78 is 5.91. The molecule has 4 rings (SSSR count). The van der Waals surface area contributed by atoms with Gasteiger partial charge in [0.25, 0.3) is 11.8 Å². The van der Waals surface area contributed by atoms with E-state index in [-0.39, 0.29) is 17.6 Å². The van der Waals surface area contributed by atoms with Crippen LogP contribution in [-0.4, -0.2) is 22.5 Å². The Bertz CT molecular complexity index is 1130. The van der Waals surface area contributed by atoms with Gasteiger partial charge in [-0.1, -0.05) is 12.1 Å². The standard InChI is InChI=1S/C23H22N4O3/c1-14-5-3-6-17(13-14)25-23(29)21-15(2)20-18(7-4-8-19(20)30-21)26-27-22(28)16-9-11-24-12-10-16/h3,5-6,9-13H,4,7-8H2,1-2H3,(H,25,29)(H,27,28)/b26-18+. The van der Waals surface area contributed by atoms with Gasteiger partial charge in [-0.15, -0.1) is 0 Å². The highest BCUT2D eigenvalue weighted by molar-refractivity contribution is 6.09. The number of furan rings is 1. The van der Waals surface area contributed by atoms with E-state index in [1.807, 2.05) is 38.1 Å². The zero-order valence-corrected chi connectivity index (χ0v) is 16.9. The van der Waals surface area contributed by atoms with Crippen LogP contribution in [0.3, 0.4) is 0 Å². The van der Waals surface area contributed by atoms with E-state index in [0.29, 0.717) is 17.7 Å². The number of hydrazone groups is 1. The van der Waals surface area contributed by atoms with Crippen molar-refractivity contribution in [2.45, 2.75) is 33.1 Å². The number of benzene rings is 1. The van der Waals surface area contributed by atoms with E-state index in [2.05, 4.69) is 20.8 Å². The number of fused-ring (bicyclic) bond motifs is 1. The Kier molecular flexibility index (Phi) is 5.43. The summed E-state index contributed by atoms with van der Waals surface area (Å²) in [6, 6.07) is 10.8. The largest absolute Gasteiger partial charge is 0.455 e. The summed E-state index contributed by atoms with van der Waals surface area (Å²) in [6.45, 7) is 3.81. The van der Waals surface area contributed by atoms with Crippen LogP contribution in [0.25, 0.3) is 0 Å². The summed E-state index contributed by atoms with van der Waals surface area (Å²) in [7, 11) is 0. The van der Waals surface area contributed by atoms with Crippen molar-refractivity contribution < 1.29 is 14.0 Å². The molecular weight excluding hydrogens is 380 g/mol. The quantitative estimate of drug-likeness (QED) is 0.644. The molecule has 1 aromatic carbocycles. The molecule has 0 spiro atoms. The number of carbonyl (C=O) groups is 2. The number of rotatable bonds is 4. The van der Waals surface area contributed by atoms with Gasteiger partial charge in [-0.3, -0.25) is 14.6 Å². The topological polar surface area (TPSA) is 96.6 Å². The SMILES string of the molecule is Cc1cccc(NC(=O)c2oc3c(c2C)/C(=N/NC(=O)c2ccncc2)CCC3)c1. The van der Waals surface area contributed by atoms with Crippen LogP contribution < -0.4 is 10.7 Å². The molecule has 1 aliphatic rings. The minimum atomic E-state index is -0.310. The molecule has 0 bridgehead atoms. The smallest absolute Gasteiger partial charge is 0.291 e. The monoisotopic (exact) mass is 402 g/mol. The van der Waals surface area contributed by atoms with E-state index in [4.69, 9.17) is 4.42 Å². The van der Waals surface area contributed by atoms with Crippen LogP contribution >= 0.6 is 0 Å². The number of hydrogen-bond donors (Lipinski definition) is 2. The first-order valence-corrected chi connectivity index (χ1v) is 9.80. The van der Waals surface area contributed by atoms with Gasteiger partial charge in [0.15, 0.2) is 5.76 Å². The predicted octanol–water partition coefficient (Wildman–Crippen LogP) is 4.01. The molecule has 7 heteroatoms. The number of carbonyl (C=O) groups excluding carboxylic acids is 2. The van der Waals surface area contributed by atoms with Crippen molar-refractivity contribution in [2.24, 2.45) is 5.10 Å². The number of amides is 2. The van der Waals surface area contributed by atoms with Crippen molar-refractivity contribution in [3.8, 4) is 0 Å². The molecule has 0 unspecified atom stereocenters. The molecule has 0 fully saturated rings. The molecule has 152 valence electrons. The predicted molar refractivity (Wildman–Crippen MR) is 114 cm³/mol. The van der Waals surface area contributed by atoms with E-state index >= 15 is 0 Å². The zero-order valence-electron chi connectivity index (χ0n) is 16.9. The van der Waals surface area contributed by atoms with Crippen LogP contribution in [0.5, 0.6) is 0 Å². The number of aromatic nitrogens is 1. The molecule has 1 aliphatic carbocycles. The zero-order chi connectivity index (χ0) is 21.1. The molecule has 2 heterocycles. The van der Waals surface area contributed by atoms with Gasteiger partial charge in [-0.25, -0.2) is 5.43 Å². The summed E-state index contributed by atoms with van der Waals surface area (Å²) in [5.41, 5.74) is 7.11. The van der Waals surface area contributed by atoms with Gasteiger partial charge >= 0.3 is 0 Å². The molecule has 2 amide bonds. The number of pyridine rings is 1. The molecule has 2 aromatic heterocycles. The summed E-state index contributed by atoms with van der Waals surface area (Å²) in [5.74, 6) is 0.393. The molecule has 0 saturated heterocycles. The second-order valence-corrected chi connectivity index (χ2v) is 7.27. The van der Waals surface area contributed by atoms with Crippen molar-refractivity contribution in [3.63, 3.8) is 0 Å². The highest BCUT2D eigenvalue weighted by atomic mass is 16.4. The number of nitrogens with zero attached hydrogens (tertiary/aromatic N) is 2. The summed E-state index contributed by atoms with van der Waals surface area (Å²) in [6.07, 6.45) is 5.37. The Morgan fingerprint density at radius 1 is 1.07 bits per heavy atom. The third-order valence-electron chi connectivity index (χ3n) is 5.04. The average Bonchev–Trinajstić information content (AvgIpc) is 3.10. The van der Waals surface area contributed by atoms with Gasteiger partial charge in [0.1, 0.15) is 5.76 Å². The van der Waals surface area contributed by atoms with Gasteiger partial charge in [-0.2, -0.15) is 5.10 Å². The normalized spacial score (nSPS) is 14.3. The number of nitrogens with one attached hydrogen (secondary N) is 2. The van der Waals surface area contributed by atoms with Crippen LogP contribution in [0.1, 0.15) is 56.2 Å². The van der Waals surface area contributed by atoms with Crippen molar-refractivity contribution >= 4 is 23.2 Å². The molecule has 2 N–H and O–H groups in total. The van der Waals surface area contributed by atoms with Crippen molar-refractivity contribution in [3.05, 3.63) is 82.6 Å². The second-order valence-electron chi connectivity index (χ2n) is 7.27. The lowest BCUT2D eigenvalue weighted by atomic mass is 9.93. The van der Waals surface area contributed by atoms with E-state index in [9.17, 15) is 9.59 Å². The Balaban J connectivity index is 1.57. The van der Waals surface area contributed by atoms with Gasteiger partial charge in [0.2, 0.25) is 0 Å². The Morgan fingerprint density at radius 2 is 1.87 bits per heavy atom. The lowest BCUT2D eigenvalue weighted by molar-refractivity contribution is 0.0953. The van der Waals surface area contributed by atoms with Crippen molar-refractivity contribution in [1.82, 2.24) is 10.4 Å². The fourth-order valence-electron chi connectivity index (χ4n) is 3.59. The third kappa shape index (κ3) is 4.00. The van der Waals surface area contributed by atoms with E-state index in [1.165, 1.54) is 0 Å². The maximum Gasteiger partial charge on any atom is 0.291 e. The third-order valence-corrected chi connectivity index (χ3v) is 5.04. The average molecular weight is 402 g/mol. The van der Waals surface area contributed by atoms with Crippen LogP contribution in [0.4, 0.5) is 5.69 Å². The first kappa shape index (κ1) is 19.6. The molecule has 30 heavy (non-hydrogen) atoms. The highest BCUT2D eigenvalue weighted by Crippen LogP contribution is 2.30. The summed E-state index contributed by atoms with van der Waals surface area (Å²) in [5, 5.41) is 7.22. The maximum atomic E-state index is 12.8. The van der Waals surface area contributed by atoms with E-state index in [0.717, 1.165) is 41.0 Å². The van der Waals surface area contributed by atoms with Crippen molar-refractivity contribution in [2.75, 3.05) is 5.32 Å². The summed E-state index contributed by atoms with van der Waals surface area (Å²) >= 11 is 0. The lowest BCUT2D eigenvalue weighted by Crippen LogP contribution is -2.22. The Labute approximate surface area is 174 Å². The molecule has 3 aromatic rings. The molecule has 0 radical (unpaired) electrons. The maximum absolute atomic E-state index is 12.8. The van der Waals surface area contributed by atoms with Crippen molar-refractivity contribution in [1.29, 1.82) is 0 Å². The van der Waals surface area contributed by atoms with Gasteiger partial charge < -0.3 is 9.73 Å². The van der Waals surface area contributed by atoms with Crippen LogP contribution in [0.2, 0.25) is 0 Å². The minimum absolute atomic E-state index is 0.275. The van der Waals surface area contributed by atoms with Gasteiger partial charge in [-0.05, 0) is 56.5 Å². The highest BCUT2D eigenvalue weighted by Gasteiger charge is 2.28. The molecular formula is C23H22N4O3. The molecule has 7 nitrogen and oxygen atoms in total. The van der Waals surface area contributed by atoms with Gasteiger partial charge in [0, 0.05) is 41.2 Å². The van der Waals surface area contributed by atoms with Gasteiger partial charge in [0.05, 0.1) is 5.71 Å². The molecule has 0 aliphatic heterocycles. The second kappa shape index (κ2) is 8.32. The Morgan fingerprint density at radius 3 is 2.63 bits per heavy atom. The van der Waals surface area contributed by atoms with Crippen LogP contribution in [-0.2, 0) is 6.42 Å². The lowest BCUT2D eigenvalue weighted by Gasteiger charge is -2.13. The number of hydrogen-bond acceptors (Lipinski definition) is 5.